The summed E-state index contributed by atoms with van der Waals surface area (Å²) in [5, 5.41) is 2.85. The molecule has 1 aromatic heterocycles. The summed E-state index contributed by atoms with van der Waals surface area (Å²) in [7, 11) is 0. The van der Waals surface area contributed by atoms with Crippen molar-refractivity contribution in [2.24, 2.45) is 0 Å². The highest BCUT2D eigenvalue weighted by Crippen LogP contribution is 2.09. The van der Waals surface area contributed by atoms with Crippen LogP contribution >= 0.6 is 0 Å². The average molecular weight is 264 g/mol. The van der Waals surface area contributed by atoms with Gasteiger partial charge in [0.25, 0.3) is 5.91 Å². The minimum atomic E-state index is -0.109. The third-order valence-electron chi connectivity index (χ3n) is 3.01. The first-order valence-electron chi connectivity index (χ1n) is 6.74. The van der Waals surface area contributed by atoms with Gasteiger partial charge in [-0.25, -0.2) is 9.97 Å². The van der Waals surface area contributed by atoms with Crippen LogP contribution in [0.5, 0.6) is 0 Å². The summed E-state index contributed by atoms with van der Waals surface area (Å²) >= 11 is 0. The fourth-order valence-corrected chi connectivity index (χ4v) is 1.85. The summed E-state index contributed by atoms with van der Waals surface area (Å²) in [5.74, 6) is 0.551. The Morgan fingerprint density at radius 3 is 2.68 bits per heavy atom. The van der Waals surface area contributed by atoms with Crippen molar-refractivity contribution < 1.29 is 9.53 Å². The second-order valence-corrected chi connectivity index (χ2v) is 4.48. The smallest absolute Gasteiger partial charge is 0.254 e. The molecule has 0 unspecified atom stereocenters. The number of unbranched alkanes of at least 4 members (excludes halogenated alkanes) is 1. The number of nitrogens with zero attached hydrogens (tertiary/aromatic N) is 3. The number of carbonyl (C=O) groups excluding carboxylic acids is 1. The number of hydrogen-bond donors (Lipinski definition) is 1. The highest BCUT2D eigenvalue weighted by molar-refractivity contribution is 5.93. The number of ether oxygens (including phenoxy) is 1. The van der Waals surface area contributed by atoms with E-state index in [0.717, 1.165) is 25.9 Å². The molecule has 2 rings (SSSR count). The van der Waals surface area contributed by atoms with Crippen LogP contribution in [-0.2, 0) is 4.74 Å². The fourth-order valence-electron chi connectivity index (χ4n) is 1.85. The number of nitrogens with one attached hydrogen (secondary N) is 1. The van der Waals surface area contributed by atoms with Crippen LogP contribution in [0.1, 0.15) is 30.1 Å². The molecule has 0 atom stereocenters. The Hall–Kier alpha value is -1.69. The Balaban J connectivity index is 1.91. The molecule has 0 radical (unpaired) electrons. The molecule has 0 bridgehead atoms. The molecule has 19 heavy (non-hydrogen) atoms. The molecule has 2 heterocycles. The summed E-state index contributed by atoms with van der Waals surface area (Å²) in [4.78, 5) is 22.3. The lowest BCUT2D eigenvalue weighted by Gasteiger charge is -2.26. The maximum atomic E-state index is 11.8. The molecular weight excluding hydrogens is 244 g/mol. The minimum Gasteiger partial charge on any atom is -0.378 e. The van der Waals surface area contributed by atoms with Crippen LogP contribution in [0.3, 0.4) is 0 Å². The summed E-state index contributed by atoms with van der Waals surface area (Å²) in [6, 6.07) is 0. The van der Waals surface area contributed by atoms with E-state index >= 15 is 0 Å². The Morgan fingerprint density at radius 1 is 1.37 bits per heavy atom. The lowest BCUT2D eigenvalue weighted by atomic mass is 10.3. The lowest BCUT2D eigenvalue weighted by Crippen LogP contribution is -2.37. The van der Waals surface area contributed by atoms with Gasteiger partial charge >= 0.3 is 0 Å². The minimum absolute atomic E-state index is 0.109. The fraction of sp³-hybridized carbons (Fsp3) is 0.615. The Labute approximate surface area is 113 Å². The van der Waals surface area contributed by atoms with E-state index in [1.807, 2.05) is 0 Å². The molecule has 1 amide bonds. The highest BCUT2D eigenvalue weighted by atomic mass is 16.5. The van der Waals surface area contributed by atoms with E-state index in [0.29, 0.717) is 31.3 Å². The standard InChI is InChI=1S/C13H20N4O2/c1-2-3-4-14-12(18)11-9-15-13(16-10-11)17-5-7-19-8-6-17/h9-10H,2-8H2,1H3,(H,14,18). The topological polar surface area (TPSA) is 67.4 Å². The van der Waals surface area contributed by atoms with E-state index in [9.17, 15) is 4.79 Å². The van der Waals surface area contributed by atoms with Gasteiger partial charge in [0.2, 0.25) is 5.95 Å². The van der Waals surface area contributed by atoms with Crippen molar-refractivity contribution in [1.82, 2.24) is 15.3 Å². The van der Waals surface area contributed by atoms with Crippen molar-refractivity contribution in [3.63, 3.8) is 0 Å². The normalized spacial score (nSPS) is 15.3. The summed E-state index contributed by atoms with van der Waals surface area (Å²) in [5.41, 5.74) is 0.508. The van der Waals surface area contributed by atoms with E-state index in [2.05, 4.69) is 27.1 Å². The van der Waals surface area contributed by atoms with Crippen LogP contribution in [-0.4, -0.2) is 48.7 Å². The Kier molecular flexibility index (Phi) is 5.09. The molecule has 1 aliphatic heterocycles. The van der Waals surface area contributed by atoms with Gasteiger partial charge in [0.05, 0.1) is 18.8 Å². The van der Waals surface area contributed by atoms with Crippen molar-refractivity contribution in [1.29, 1.82) is 0 Å². The largest absolute Gasteiger partial charge is 0.378 e. The zero-order valence-corrected chi connectivity index (χ0v) is 11.3. The van der Waals surface area contributed by atoms with Crippen molar-refractivity contribution in [2.45, 2.75) is 19.8 Å². The monoisotopic (exact) mass is 264 g/mol. The quantitative estimate of drug-likeness (QED) is 0.798. The molecule has 1 aromatic rings. The van der Waals surface area contributed by atoms with Gasteiger partial charge in [-0.1, -0.05) is 13.3 Å². The summed E-state index contributed by atoms with van der Waals surface area (Å²) in [6.07, 6.45) is 5.21. The van der Waals surface area contributed by atoms with Gasteiger partial charge in [-0.15, -0.1) is 0 Å². The molecular formula is C13H20N4O2. The van der Waals surface area contributed by atoms with Gasteiger partial charge in [0, 0.05) is 32.0 Å². The van der Waals surface area contributed by atoms with E-state index in [4.69, 9.17) is 4.74 Å². The highest BCUT2D eigenvalue weighted by Gasteiger charge is 2.14. The van der Waals surface area contributed by atoms with Gasteiger partial charge in [-0.3, -0.25) is 4.79 Å². The number of hydrogen-bond acceptors (Lipinski definition) is 5. The van der Waals surface area contributed by atoms with E-state index in [-0.39, 0.29) is 5.91 Å². The van der Waals surface area contributed by atoms with Crippen LogP contribution in [0.15, 0.2) is 12.4 Å². The van der Waals surface area contributed by atoms with Gasteiger partial charge < -0.3 is 15.0 Å². The van der Waals surface area contributed by atoms with Gasteiger partial charge in [0.1, 0.15) is 0 Å². The van der Waals surface area contributed by atoms with E-state index in [1.165, 1.54) is 0 Å². The van der Waals surface area contributed by atoms with Gasteiger partial charge in [-0.2, -0.15) is 0 Å². The van der Waals surface area contributed by atoms with Gasteiger partial charge in [0.15, 0.2) is 0 Å². The molecule has 6 nitrogen and oxygen atoms in total. The molecule has 104 valence electrons. The predicted octanol–water partition coefficient (Wildman–Crippen LogP) is 0.843. The molecule has 1 saturated heterocycles. The molecule has 0 aromatic carbocycles. The van der Waals surface area contributed by atoms with E-state index in [1.54, 1.807) is 12.4 Å². The second kappa shape index (κ2) is 7.04. The van der Waals surface area contributed by atoms with Gasteiger partial charge in [-0.05, 0) is 6.42 Å². The maximum Gasteiger partial charge on any atom is 0.254 e. The third-order valence-corrected chi connectivity index (χ3v) is 3.01. The van der Waals surface area contributed by atoms with E-state index < -0.39 is 0 Å². The first-order valence-corrected chi connectivity index (χ1v) is 6.74. The molecule has 1 aliphatic rings. The second-order valence-electron chi connectivity index (χ2n) is 4.48. The molecule has 0 aliphatic carbocycles. The first kappa shape index (κ1) is 13.7. The third kappa shape index (κ3) is 3.89. The number of aromatic nitrogens is 2. The zero-order valence-electron chi connectivity index (χ0n) is 11.3. The number of anilines is 1. The van der Waals surface area contributed by atoms with Crippen LogP contribution in [0.25, 0.3) is 0 Å². The summed E-state index contributed by atoms with van der Waals surface area (Å²) < 4.78 is 5.28. The van der Waals surface area contributed by atoms with Crippen LogP contribution < -0.4 is 10.2 Å². The van der Waals surface area contributed by atoms with Crippen molar-refractivity contribution in [3.05, 3.63) is 18.0 Å². The maximum absolute atomic E-state index is 11.8. The number of carbonyl (C=O) groups is 1. The molecule has 6 heteroatoms. The van der Waals surface area contributed by atoms with Crippen LogP contribution in [0, 0.1) is 0 Å². The number of amides is 1. The van der Waals surface area contributed by atoms with Crippen molar-refractivity contribution >= 4 is 11.9 Å². The lowest BCUT2D eigenvalue weighted by molar-refractivity contribution is 0.0952. The predicted molar refractivity (Wildman–Crippen MR) is 72.3 cm³/mol. The number of morpholine rings is 1. The molecule has 0 spiro atoms. The van der Waals surface area contributed by atoms with Crippen molar-refractivity contribution in [2.75, 3.05) is 37.7 Å². The molecule has 1 fully saturated rings. The SMILES string of the molecule is CCCCNC(=O)c1cnc(N2CCOCC2)nc1. The Bertz CT molecular complexity index is 402. The molecule has 1 N–H and O–H groups in total. The van der Waals surface area contributed by atoms with Crippen molar-refractivity contribution in [3.8, 4) is 0 Å². The summed E-state index contributed by atoms with van der Waals surface area (Å²) in [6.45, 7) is 5.77. The number of rotatable bonds is 5. The average Bonchev–Trinajstić information content (AvgIpc) is 2.48. The molecule has 0 saturated carbocycles. The van der Waals surface area contributed by atoms with Crippen LogP contribution in [0.4, 0.5) is 5.95 Å². The zero-order chi connectivity index (χ0) is 13.5. The Morgan fingerprint density at radius 2 is 2.05 bits per heavy atom. The van der Waals surface area contributed by atoms with Crippen LogP contribution in [0.2, 0.25) is 0 Å². The first-order chi connectivity index (χ1) is 9.31.